The predicted octanol–water partition coefficient (Wildman–Crippen LogP) is 2.45. The summed E-state index contributed by atoms with van der Waals surface area (Å²) >= 11 is 0. The maximum Gasteiger partial charge on any atom is 0.336 e. The molecule has 24 heavy (non-hydrogen) atoms. The fourth-order valence-electron chi connectivity index (χ4n) is 2.37. The minimum absolute atomic E-state index is 0.118. The summed E-state index contributed by atoms with van der Waals surface area (Å²) in [7, 11) is 0. The van der Waals surface area contributed by atoms with Gasteiger partial charge in [0.25, 0.3) is 0 Å². The van der Waals surface area contributed by atoms with Crippen LogP contribution in [0, 0.1) is 11.3 Å². The number of carbonyl (C=O) groups is 1. The second kappa shape index (κ2) is 7.47. The Morgan fingerprint density at radius 3 is 2.75 bits per heavy atom. The van der Waals surface area contributed by atoms with E-state index in [2.05, 4.69) is 0 Å². The number of benzene rings is 1. The van der Waals surface area contributed by atoms with Crippen LogP contribution in [-0.2, 0) is 11.2 Å². The molecule has 2 aromatic rings. The van der Waals surface area contributed by atoms with Crippen LogP contribution in [0.5, 0.6) is 5.75 Å². The molecule has 0 fully saturated rings. The van der Waals surface area contributed by atoms with Gasteiger partial charge >= 0.3 is 5.63 Å². The number of Topliss-reactive ketones (excluding diaryl/α,β-unsaturated/α-hetero) is 1. The van der Waals surface area contributed by atoms with E-state index in [0.717, 1.165) is 23.8 Å². The van der Waals surface area contributed by atoms with Gasteiger partial charge in [-0.2, -0.15) is 5.26 Å². The Hall–Kier alpha value is -3.07. The maximum absolute atomic E-state index is 11.9. The van der Waals surface area contributed by atoms with Gasteiger partial charge in [-0.3, -0.25) is 4.79 Å². The summed E-state index contributed by atoms with van der Waals surface area (Å²) in [6.07, 6.45) is 1.68. The fourth-order valence-corrected chi connectivity index (χ4v) is 2.37. The zero-order chi connectivity index (χ0) is 17.7. The van der Waals surface area contributed by atoms with Gasteiger partial charge in [0.1, 0.15) is 23.0 Å². The summed E-state index contributed by atoms with van der Waals surface area (Å²) < 4.78 is 10.6. The molecule has 124 valence electrons. The minimum Gasteiger partial charge on any atom is -0.485 e. The Balaban J connectivity index is 2.26. The molecule has 0 aliphatic heterocycles. The molecule has 6 heteroatoms. The molecule has 0 amide bonds. The van der Waals surface area contributed by atoms with Gasteiger partial charge in [0.05, 0.1) is 0 Å². The summed E-state index contributed by atoms with van der Waals surface area (Å²) in [5.74, 6) is -0.126. The number of rotatable bonds is 6. The lowest BCUT2D eigenvalue weighted by Crippen LogP contribution is -2.16. The Labute approximate surface area is 139 Å². The van der Waals surface area contributed by atoms with E-state index in [1.165, 1.54) is 13.0 Å². The van der Waals surface area contributed by atoms with Crippen molar-refractivity contribution < 1.29 is 13.9 Å². The quantitative estimate of drug-likeness (QED) is 0.496. The van der Waals surface area contributed by atoms with E-state index in [4.69, 9.17) is 20.1 Å². The van der Waals surface area contributed by atoms with Crippen molar-refractivity contribution in [3.63, 3.8) is 0 Å². The second-order valence-electron chi connectivity index (χ2n) is 5.38. The second-order valence-corrected chi connectivity index (χ2v) is 5.38. The number of nitriles is 1. The summed E-state index contributed by atoms with van der Waals surface area (Å²) in [6.45, 7) is 3.20. The van der Waals surface area contributed by atoms with Crippen molar-refractivity contribution in [1.82, 2.24) is 0 Å². The van der Waals surface area contributed by atoms with E-state index < -0.39 is 11.4 Å². The predicted molar refractivity (Wildman–Crippen MR) is 89.5 cm³/mol. The molecule has 0 saturated carbocycles. The van der Waals surface area contributed by atoms with Gasteiger partial charge in [-0.05, 0) is 31.0 Å². The van der Waals surface area contributed by atoms with E-state index >= 15 is 0 Å². The third-order valence-corrected chi connectivity index (χ3v) is 3.48. The van der Waals surface area contributed by atoms with Crippen LogP contribution in [0.1, 0.15) is 25.8 Å². The van der Waals surface area contributed by atoms with E-state index in [0.29, 0.717) is 11.3 Å². The third-order valence-electron chi connectivity index (χ3n) is 3.48. The lowest BCUT2D eigenvalue weighted by atomic mass is 10.1. The number of aryl methyl sites for hydroxylation is 1. The number of hydrogen-bond acceptors (Lipinski definition) is 6. The van der Waals surface area contributed by atoms with Crippen LogP contribution in [0.3, 0.4) is 0 Å². The van der Waals surface area contributed by atoms with Crippen LogP contribution >= 0.6 is 0 Å². The van der Waals surface area contributed by atoms with Gasteiger partial charge < -0.3 is 14.9 Å². The molecule has 1 heterocycles. The highest BCUT2D eigenvalue weighted by Gasteiger charge is 2.13. The molecule has 0 bridgehead atoms. The molecule has 0 aliphatic carbocycles. The van der Waals surface area contributed by atoms with Gasteiger partial charge in [0.2, 0.25) is 5.78 Å². The first-order chi connectivity index (χ1) is 11.5. The molecule has 0 atom stereocenters. The number of ketones is 1. The first-order valence-corrected chi connectivity index (χ1v) is 7.55. The monoisotopic (exact) mass is 326 g/mol. The maximum atomic E-state index is 11.9. The van der Waals surface area contributed by atoms with E-state index in [1.807, 2.05) is 6.92 Å². The summed E-state index contributed by atoms with van der Waals surface area (Å²) in [4.78, 5) is 23.5. The van der Waals surface area contributed by atoms with Crippen molar-refractivity contribution in [2.75, 3.05) is 6.61 Å². The molecule has 1 aromatic heterocycles. The average Bonchev–Trinajstić information content (AvgIpc) is 2.53. The molecule has 0 unspecified atom stereocenters. The first kappa shape index (κ1) is 17.3. The van der Waals surface area contributed by atoms with E-state index in [9.17, 15) is 9.59 Å². The fraction of sp³-hybridized carbons (Fsp3) is 0.278. The van der Waals surface area contributed by atoms with Crippen molar-refractivity contribution in [3.8, 4) is 11.8 Å². The molecule has 0 spiro atoms. The van der Waals surface area contributed by atoms with Gasteiger partial charge in [-0.1, -0.05) is 13.3 Å². The molecule has 1 aromatic carbocycles. The third kappa shape index (κ3) is 3.82. The smallest absolute Gasteiger partial charge is 0.336 e. The molecule has 0 aliphatic rings. The lowest BCUT2D eigenvalue weighted by Gasteiger charge is -2.08. The average molecular weight is 326 g/mol. The van der Waals surface area contributed by atoms with Gasteiger partial charge in [0, 0.05) is 23.2 Å². The number of nitrogens with zero attached hydrogens (tertiary/aromatic N) is 1. The number of nitrogens with two attached hydrogens (primary N) is 1. The van der Waals surface area contributed by atoms with Crippen molar-refractivity contribution in [3.05, 3.63) is 51.5 Å². The molecular formula is C18H18N2O4. The van der Waals surface area contributed by atoms with Crippen LogP contribution in [0.4, 0.5) is 0 Å². The summed E-state index contributed by atoms with van der Waals surface area (Å²) in [5.41, 5.74) is 6.42. The molecule has 2 rings (SSSR count). The number of carbonyl (C=O) groups excluding carboxylic acids is 1. The highest BCUT2D eigenvalue weighted by Crippen LogP contribution is 2.23. The number of hydrogen-bond donors (Lipinski definition) is 1. The number of ether oxygens (including phenoxy) is 1. The zero-order valence-electron chi connectivity index (χ0n) is 13.6. The van der Waals surface area contributed by atoms with Gasteiger partial charge in [0.15, 0.2) is 6.61 Å². The SMILES string of the molecule is CCCc1cc(=O)oc2cc(OCC(=O)/C(C#N)=C(\C)N)ccc12. The summed E-state index contributed by atoms with van der Waals surface area (Å²) in [5, 5.41) is 9.74. The Bertz CT molecular complexity index is 899. The largest absolute Gasteiger partial charge is 0.485 e. The topological polar surface area (TPSA) is 106 Å². The Kier molecular flexibility index (Phi) is 5.38. The number of fused-ring (bicyclic) bond motifs is 1. The standard InChI is InChI=1S/C18H18N2O4/c1-3-4-12-7-18(22)24-17-8-13(5-6-14(12)17)23-10-16(21)15(9-19)11(2)20/h5-8H,3-4,10,20H2,1-2H3/b15-11+. The minimum atomic E-state index is -0.501. The van der Waals surface area contributed by atoms with Crippen LogP contribution in [0.2, 0.25) is 0 Å². The molecule has 0 radical (unpaired) electrons. The molecular weight excluding hydrogens is 308 g/mol. The number of allylic oxidation sites excluding steroid dienone is 1. The Morgan fingerprint density at radius 1 is 1.38 bits per heavy atom. The van der Waals surface area contributed by atoms with Crippen molar-refractivity contribution in [1.29, 1.82) is 5.26 Å². The lowest BCUT2D eigenvalue weighted by molar-refractivity contribution is -0.117. The van der Waals surface area contributed by atoms with E-state index in [-0.39, 0.29) is 17.9 Å². The van der Waals surface area contributed by atoms with Crippen molar-refractivity contribution in [2.45, 2.75) is 26.7 Å². The van der Waals surface area contributed by atoms with Crippen LogP contribution in [0.15, 0.2) is 44.7 Å². The van der Waals surface area contributed by atoms with Crippen molar-refractivity contribution >= 4 is 16.8 Å². The highest BCUT2D eigenvalue weighted by atomic mass is 16.5. The molecule has 2 N–H and O–H groups in total. The molecule has 0 saturated heterocycles. The van der Waals surface area contributed by atoms with E-state index in [1.54, 1.807) is 24.3 Å². The zero-order valence-corrected chi connectivity index (χ0v) is 13.6. The Morgan fingerprint density at radius 2 is 2.12 bits per heavy atom. The van der Waals surface area contributed by atoms with Crippen molar-refractivity contribution in [2.24, 2.45) is 5.73 Å². The summed E-state index contributed by atoms with van der Waals surface area (Å²) in [6, 6.07) is 8.30. The van der Waals surface area contributed by atoms with Gasteiger partial charge in [-0.15, -0.1) is 0 Å². The highest BCUT2D eigenvalue weighted by molar-refractivity contribution is 6.00. The first-order valence-electron chi connectivity index (χ1n) is 7.55. The van der Waals surface area contributed by atoms with Crippen LogP contribution in [0.25, 0.3) is 11.0 Å². The van der Waals surface area contributed by atoms with Crippen LogP contribution < -0.4 is 16.1 Å². The normalized spacial score (nSPS) is 11.7. The van der Waals surface area contributed by atoms with Gasteiger partial charge in [-0.25, -0.2) is 4.79 Å². The molecule has 6 nitrogen and oxygen atoms in total. The van der Waals surface area contributed by atoms with Crippen LogP contribution in [-0.4, -0.2) is 12.4 Å².